The van der Waals surface area contributed by atoms with E-state index in [-0.39, 0.29) is 11.8 Å². The summed E-state index contributed by atoms with van der Waals surface area (Å²) in [7, 11) is 1.61. The molecule has 8 nitrogen and oxygen atoms in total. The molecule has 1 N–H and O–H groups in total. The third kappa shape index (κ3) is 4.23. The lowest BCUT2D eigenvalue weighted by Gasteiger charge is -2.20. The van der Waals surface area contributed by atoms with Gasteiger partial charge in [-0.25, -0.2) is 15.0 Å². The maximum Gasteiger partial charge on any atom is 0.229 e. The highest BCUT2D eigenvalue weighted by Gasteiger charge is 2.60. The van der Waals surface area contributed by atoms with Crippen molar-refractivity contribution in [2.45, 2.75) is 25.7 Å². The first-order valence-electron chi connectivity index (χ1n) is 10.2. The van der Waals surface area contributed by atoms with Gasteiger partial charge in [-0.05, 0) is 50.1 Å². The second-order valence-corrected chi connectivity index (χ2v) is 7.83. The van der Waals surface area contributed by atoms with Gasteiger partial charge in [0.25, 0.3) is 0 Å². The Balaban J connectivity index is 1.57. The zero-order valence-corrected chi connectivity index (χ0v) is 18.1. The first kappa shape index (κ1) is 21.2. The summed E-state index contributed by atoms with van der Waals surface area (Å²) < 4.78 is 11.5. The molecule has 2 atom stereocenters. The van der Waals surface area contributed by atoms with Crippen molar-refractivity contribution < 1.29 is 14.3 Å². The second kappa shape index (κ2) is 8.63. The van der Waals surface area contributed by atoms with Crippen LogP contribution in [-0.2, 0) is 10.2 Å². The fourth-order valence-electron chi connectivity index (χ4n) is 3.81. The Hall–Kier alpha value is -3.99. The van der Waals surface area contributed by atoms with Crippen LogP contribution in [-0.4, -0.2) is 34.6 Å². The van der Waals surface area contributed by atoms with Crippen LogP contribution in [0.15, 0.2) is 48.8 Å². The number of nitriles is 1. The largest absolute Gasteiger partial charge is 0.497 e. The standard InChI is InChI=1S/C24H23N5O3/c1-15-21(13-26-16(2)28-15)32-14-24(18-5-4-6-19(9-18)31-3)10-20(24)23(30)29-22-8-7-17(11-25)12-27-22/h4-9,12-13,20H,10,14H2,1-3H3,(H,27,29,30). The first-order valence-corrected chi connectivity index (χ1v) is 10.2. The lowest BCUT2D eigenvalue weighted by atomic mass is 9.93. The Bertz CT molecular complexity index is 1190. The number of nitrogens with zero attached hydrogens (tertiary/aromatic N) is 4. The minimum absolute atomic E-state index is 0.148. The summed E-state index contributed by atoms with van der Waals surface area (Å²) in [4.78, 5) is 25.8. The zero-order valence-electron chi connectivity index (χ0n) is 18.1. The zero-order chi connectivity index (χ0) is 22.7. The van der Waals surface area contributed by atoms with Crippen LogP contribution >= 0.6 is 0 Å². The number of aryl methyl sites for hydroxylation is 2. The van der Waals surface area contributed by atoms with Crippen LogP contribution in [0.25, 0.3) is 0 Å². The van der Waals surface area contributed by atoms with Crippen molar-refractivity contribution in [3.05, 3.63) is 71.4 Å². The molecule has 1 aromatic carbocycles. The van der Waals surface area contributed by atoms with Crippen LogP contribution in [0, 0.1) is 31.1 Å². The van der Waals surface area contributed by atoms with Crippen molar-refractivity contribution in [1.82, 2.24) is 15.0 Å². The van der Waals surface area contributed by atoms with E-state index in [1.54, 1.807) is 25.4 Å². The molecule has 1 saturated carbocycles. The number of amides is 1. The smallest absolute Gasteiger partial charge is 0.229 e. The normalized spacial score (nSPS) is 19.0. The van der Waals surface area contributed by atoms with E-state index >= 15 is 0 Å². The number of hydrogen-bond donors (Lipinski definition) is 1. The highest BCUT2D eigenvalue weighted by Crippen LogP contribution is 2.55. The molecule has 8 heteroatoms. The van der Waals surface area contributed by atoms with Gasteiger partial charge in [0, 0.05) is 11.6 Å². The summed E-state index contributed by atoms with van der Waals surface area (Å²) in [5.41, 5.74) is 1.64. The molecule has 0 saturated heterocycles. The van der Waals surface area contributed by atoms with Gasteiger partial charge < -0.3 is 14.8 Å². The number of carbonyl (C=O) groups is 1. The van der Waals surface area contributed by atoms with E-state index < -0.39 is 5.41 Å². The fraction of sp³-hybridized carbons (Fsp3) is 0.292. The number of ether oxygens (including phenoxy) is 2. The highest BCUT2D eigenvalue weighted by molar-refractivity contribution is 5.95. The first-order chi connectivity index (χ1) is 15.4. The molecule has 2 unspecified atom stereocenters. The van der Waals surface area contributed by atoms with E-state index in [4.69, 9.17) is 14.7 Å². The lowest BCUT2D eigenvalue weighted by Crippen LogP contribution is -2.27. The summed E-state index contributed by atoms with van der Waals surface area (Å²) in [6.45, 7) is 4.00. The molecule has 0 bridgehead atoms. The predicted molar refractivity (Wildman–Crippen MR) is 117 cm³/mol. The Morgan fingerprint density at radius 2 is 2.09 bits per heavy atom. The number of pyridine rings is 1. The van der Waals surface area contributed by atoms with Crippen LogP contribution in [0.5, 0.6) is 11.5 Å². The third-order valence-corrected chi connectivity index (χ3v) is 5.72. The summed E-state index contributed by atoms with van der Waals surface area (Å²) in [6.07, 6.45) is 3.71. The van der Waals surface area contributed by atoms with E-state index in [2.05, 4.69) is 20.3 Å². The van der Waals surface area contributed by atoms with Gasteiger partial charge in [0.1, 0.15) is 23.5 Å². The average Bonchev–Trinajstić information content (AvgIpc) is 3.55. The molecule has 1 fully saturated rings. The summed E-state index contributed by atoms with van der Waals surface area (Å²) in [6, 6.07) is 13.0. The molecule has 162 valence electrons. The lowest BCUT2D eigenvalue weighted by molar-refractivity contribution is -0.117. The molecular weight excluding hydrogens is 406 g/mol. The second-order valence-electron chi connectivity index (χ2n) is 7.83. The average molecular weight is 429 g/mol. The minimum atomic E-state index is -0.511. The van der Waals surface area contributed by atoms with Crippen LogP contribution in [0.1, 0.15) is 29.1 Å². The maximum atomic E-state index is 13.1. The number of methoxy groups -OCH3 is 1. The molecule has 32 heavy (non-hydrogen) atoms. The number of benzene rings is 1. The van der Waals surface area contributed by atoms with Crippen molar-refractivity contribution in [3.8, 4) is 17.6 Å². The number of carbonyl (C=O) groups excluding carboxylic acids is 1. The molecule has 1 amide bonds. The third-order valence-electron chi connectivity index (χ3n) is 5.72. The monoisotopic (exact) mass is 429 g/mol. The van der Waals surface area contributed by atoms with Gasteiger partial charge in [-0.2, -0.15) is 5.26 Å². The van der Waals surface area contributed by atoms with Crippen molar-refractivity contribution in [3.63, 3.8) is 0 Å². The quantitative estimate of drug-likeness (QED) is 0.613. The summed E-state index contributed by atoms with van der Waals surface area (Å²) in [5, 5.41) is 11.8. The van der Waals surface area contributed by atoms with Gasteiger partial charge in [-0.3, -0.25) is 4.79 Å². The number of nitrogens with one attached hydrogen (secondary N) is 1. The highest BCUT2D eigenvalue weighted by atomic mass is 16.5. The summed E-state index contributed by atoms with van der Waals surface area (Å²) >= 11 is 0. The molecule has 1 aliphatic carbocycles. The van der Waals surface area contributed by atoms with Crippen molar-refractivity contribution in [1.29, 1.82) is 5.26 Å². The van der Waals surface area contributed by atoms with Crippen molar-refractivity contribution in [2.75, 3.05) is 19.0 Å². The number of anilines is 1. The Morgan fingerprint density at radius 3 is 2.78 bits per heavy atom. The summed E-state index contributed by atoms with van der Waals surface area (Å²) in [5.74, 6) is 1.94. The van der Waals surface area contributed by atoms with Crippen molar-refractivity contribution in [2.24, 2.45) is 5.92 Å². The molecule has 3 aromatic rings. The number of aromatic nitrogens is 3. The van der Waals surface area contributed by atoms with E-state index in [0.717, 1.165) is 17.0 Å². The fourth-order valence-corrected chi connectivity index (χ4v) is 3.81. The van der Waals surface area contributed by atoms with Gasteiger partial charge in [-0.1, -0.05) is 12.1 Å². The molecule has 1 aliphatic rings. The van der Waals surface area contributed by atoms with Gasteiger partial charge in [0.2, 0.25) is 5.91 Å². The van der Waals surface area contributed by atoms with Gasteiger partial charge in [-0.15, -0.1) is 0 Å². The predicted octanol–water partition coefficient (Wildman–Crippen LogP) is 3.34. The molecule has 0 aliphatic heterocycles. The number of hydrogen-bond acceptors (Lipinski definition) is 7. The topological polar surface area (TPSA) is 110 Å². The Labute approximate surface area is 186 Å². The van der Waals surface area contributed by atoms with Crippen LogP contribution < -0.4 is 14.8 Å². The van der Waals surface area contributed by atoms with Gasteiger partial charge >= 0.3 is 0 Å². The molecule has 2 aromatic heterocycles. The van der Waals surface area contributed by atoms with E-state index in [9.17, 15) is 4.79 Å². The van der Waals surface area contributed by atoms with E-state index in [1.165, 1.54) is 6.20 Å². The molecule has 4 rings (SSSR count). The molecule has 0 spiro atoms. The SMILES string of the molecule is COc1cccc(C2(COc3cnc(C)nc3C)CC2C(=O)Nc2ccc(C#N)cn2)c1. The van der Waals surface area contributed by atoms with E-state index in [0.29, 0.717) is 36.0 Å². The van der Waals surface area contributed by atoms with E-state index in [1.807, 2.05) is 44.2 Å². The van der Waals surface area contributed by atoms with Crippen LogP contribution in [0.2, 0.25) is 0 Å². The number of rotatable bonds is 7. The Kier molecular flexibility index (Phi) is 5.73. The molecular formula is C24H23N5O3. The minimum Gasteiger partial charge on any atom is -0.497 e. The maximum absolute atomic E-state index is 13.1. The van der Waals surface area contributed by atoms with Gasteiger partial charge in [0.15, 0.2) is 5.75 Å². The van der Waals surface area contributed by atoms with Crippen molar-refractivity contribution >= 4 is 11.7 Å². The van der Waals surface area contributed by atoms with Crippen LogP contribution in [0.4, 0.5) is 5.82 Å². The Morgan fingerprint density at radius 1 is 1.25 bits per heavy atom. The molecule has 2 heterocycles. The van der Waals surface area contributed by atoms with Gasteiger partial charge in [0.05, 0.1) is 37.1 Å². The molecule has 0 radical (unpaired) electrons. The van der Waals surface area contributed by atoms with Crippen LogP contribution in [0.3, 0.4) is 0 Å².